The summed E-state index contributed by atoms with van der Waals surface area (Å²) in [6.45, 7) is 0.376. The predicted octanol–water partition coefficient (Wildman–Crippen LogP) is 2.74. The van der Waals surface area contributed by atoms with E-state index in [-0.39, 0.29) is 19.3 Å². The topological polar surface area (TPSA) is 47.9 Å². The quantitative estimate of drug-likeness (QED) is 0.918. The van der Waals surface area contributed by atoms with E-state index in [2.05, 4.69) is 0 Å². The van der Waals surface area contributed by atoms with Crippen LogP contribution in [0.3, 0.4) is 0 Å². The van der Waals surface area contributed by atoms with Gasteiger partial charge >= 0.3 is 0 Å². The summed E-state index contributed by atoms with van der Waals surface area (Å²) in [4.78, 5) is 0. The summed E-state index contributed by atoms with van der Waals surface area (Å²) < 4.78 is 15.9. The highest BCUT2D eigenvalue weighted by Gasteiger charge is 2.16. The maximum absolute atomic E-state index is 9.67. The van der Waals surface area contributed by atoms with Crippen molar-refractivity contribution < 1.29 is 19.3 Å². The number of aliphatic hydroxyl groups excluding tert-OH is 1. The molecule has 0 bridgehead atoms. The van der Waals surface area contributed by atoms with Crippen LogP contribution in [0.25, 0.3) is 0 Å². The van der Waals surface area contributed by atoms with Gasteiger partial charge in [0.25, 0.3) is 0 Å². The van der Waals surface area contributed by atoms with E-state index in [1.54, 1.807) is 7.11 Å². The standard InChI is InChI=1S/C17H18O4/c1-19-15-5-3-13(4-6-15)14(10-18)8-12-2-7-16-17(9-12)21-11-20-16/h2-7,9,14,18H,8,10-11H2,1H3. The molecule has 3 rings (SSSR count). The fourth-order valence-corrected chi connectivity index (χ4v) is 2.52. The van der Waals surface area contributed by atoms with Crippen molar-refractivity contribution in [2.45, 2.75) is 12.3 Å². The number of fused-ring (bicyclic) bond motifs is 1. The van der Waals surface area contributed by atoms with Gasteiger partial charge < -0.3 is 19.3 Å². The Labute approximate surface area is 123 Å². The molecule has 110 valence electrons. The van der Waals surface area contributed by atoms with E-state index >= 15 is 0 Å². The summed E-state index contributed by atoms with van der Waals surface area (Å²) in [5.41, 5.74) is 2.21. The van der Waals surface area contributed by atoms with E-state index in [4.69, 9.17) is 14.2 Å². The minimum Gasteiger partial charge on any atom is -0.497 e. The summed E-state index contributed by atoms with van der Waals surface area (Å²) in [5.74, 6) is 2.43. The Morgan fingerprint density at radius 3 is 2.57 bits per heavy atom. The van der Waals surface area contributed by atoms with E-state index in [0.29, 0.717) is 0 Å². The van der Waals surface area contributed by atoms with E-state index in [1.807, 2.05) is 42.5 Å². The first-order valence-electron chi connectivity index (χ1n) is 6.93. The minimum atomic E-state index is 0.0521. The van der Waals surface area contributed by atoms with E-state index in [1.165, 1.54) is 0 Å². The lowest BCUT2D eigenvalue weighted by Crippen LogP contribution is -2.07. The van der Waals surface area contributed by atoms with Gasteiger partial charge in [-0.25, -0.2) is 0 Å². The lowest BCUT2D eigenvalue weighted by atomic mass is 9.92. The number of ether oxygens (including phenoxy) is 3. The molecule has 0 spiro atoms. The second-order valence-electron chi connectivity index (χ2n) is 5.04. The average Bonchev–Trinajstić information content (AvgIpc) is 3.00. The molecule has 1 heterocycles. The normalized spacial score (nSPS) is 14.0. The smallest absolute Gasteiger partial charge is 0.231 e. The van der Waals surface area contributed by atoms with Crippen LogP contribution >= 0.6 is 0 Å². The van der Waals surface area contributed by atoms with Gasteiger partial charge in [0.15, 0.2) is 11.5 Å². The molecule has 1 aliphatic heterocycles. The Bertz CT molecular complexity index is 607. The first-order chi connectivity index (χ1) is 10.3. The zero-order chi connectivity index (χ0) is 14.7. The van der Waals surface area contributed by atoms with Crippen LogP contribution in [0.1, 0.15) is 17.0 Å². The van der Waals surface area contributed by atoms with Gasteiger partial charge in [-0.05, 0) is 41.8 Å². The second kappa shape index (κ2) is 6.06. The lowest BCUT2D eigenvalue weighted by Gasteiger charge is -2.15. The minimum absolute atomic E-state index is 0.0521. The number of methoxy groups -OCH3 is 1. The SMILES string of the molecule is COc1ccc(C(CO)Cc2ccc3c(c2)OCO3)cc1. The van der Waals surface area contributed by atoms with Gasteiger partial charge in [0.2, 0.25) is 6.79 Å². The number of aliphatic hydroxyl groups is 1. The van der Waals surface area contributed by atoms with Crippen molar-refractivity contribution in [2.75, 3.05) is 20.5 Å². The molecule has 0 saturated heterocycles. The van der Waals surface area contributed by atoms with Crippen LogP contribution in [-0.4, -0.2) is 25.6 Å². The van der Waals surface area contributed by atoms with Crippen molar-refractivity contribution in [3.8, 4) is 17.2 Å². The van der Waals surface area contributed by atoms with E-state index < -0.39 is 0 Å². The van der Waals surface area contributed by atoms with Gasteiger partial charge in [-0.1, -0.05) is 18.2 Å². The molecule has 1 N–H and O–H groups in total. The number of rotatable bonds is 5. The summed E-state index contributed by atoms with van der Waals surface area (Å²) in [6.07, 6.45) is 0.749. The molecule has 2 aromatic rings. The highest BCUT2D eigenvalue weighted by Crippen LogP contribution is 2.34. The summed E-state index contributed by atoms with van der Waals surface area (Å²) in [7, 11) is 1.64. The zero-order valence-corrected chi connectivity index (χ0v) is 11.9. The van der Waals surface area contributed by atoms with Gasteiger partial charge in [-0.15, -0.1) is 0 Å². The first-order valence-corrected chi connectivity index (χ1v) is 6.93. The van der Waals surface area contributed by atoms with Crippen LogP contribution < -0.4 is 14.2 Å². The molecule has 0 radical (unpaired) electrons. The predicted molar refractivity (Wildman–Crippen MR) is 79.1 cm³/mol. The van der Waals surface area contributed by atoms with Gasteiger partial charge in [0.05, 0.1) is 13.7 Å². The van der Waals surface area contributed by atoms with Crippen LogP contribution in [0.15, 0.2) is 42.5 Å². The Morgan fingerprint density at radius 1 is 1.10 bits per heavy atom. The highest BCUT2D eigenvalue weighted by molar-refractivity contribution is 5.45. The molecule has 4 heteroatoms. The molecule has 0 fully saturated rings. The largest absolute Gasteiger partial charge is 0.497 e. The van der Waals surface area contributed by atoms with Crippen molar-refractivity contribution in [1.29, 1.82) is 0 Å². The van der Waals surface area contributed by atoms with Crippen LogP contribution in [0.5, 0.6) is 17.2 Å². The molecule has 1 atom stereocenters. The number of benzene rings is 2. The molecular formula is C17H18O4. The van der Waals surface area contributed by atoms with Crippen LogP contribution in [-0.2, 0) is 6.42 Å². The molecule has 21 heavy (non-hydrogen) atoms. The Balaban J connectivity index is 1.77. The maximum Gasteiger partial charge on any atom is 0.231 e. The first kappa shape index (κ1) is 13.8. The summed E-state index contributed by atoms with van der Waals surface area (Å²) in [6, 6.07) is 13.7. The van der Waals surface area contributed by atoms with E-state index in [0.717, 1.165) is 34.8 Å². The lowest BCUT2D eigenvalue weighted by molar-refractivity contribution is 0.174. The Hall–Kier alpha value is -2.20. The summed E-state index contributed by atoms with van der Waals surface area (Å²) >= 11 is 0. The van der Waals surface area contributed by atoms with Crippen molar-refractivity contribution >= 4 is 0 Å². The Kier molecular flexibility index (Phi) is 3.97. The molecule has 0 aromatic heterocycles. The Morgan fingerprint density at radius 2 is 1.86 bits per heavy atom. The average molecular weight is 286 g/mol. The third-order valence-corrected chi connectivity index (χ3v) is 3.73. The van der Waals surface area contributed by atoms with Crippen molar-refractivity contribution in [3.63, 3.8) is 0 Å². The number of hydrogen-bond acceptors (Lipinski definition) is 4. The molecule has 4 nitrogen and oxygen atoms in total. The monoisotopic (exact) mass is 286 g/mol. The molecule has 0 aliphatic carbocycles. The summed E-state index contributed by atoms with van der Waals surface area (Å²) in [5, 5.41) is 9.67. The fourth-order valence-electron chi connectivity index (χ4n) is 2.52. The molecular weight excluding hydrogens is 268 g/mol. The number of hydrogen-bond donors (Lipinski definition) is 1. The van der Waals surface area contributed by atoms with Crippen LogP contribution in [0.2, 0.25) is 0 Å². The molecule has 1 aliphatic rings. The van der Waals surface area contributed by atoms with Crippen molar-refractivity contribution in [3.05, 3.63) is 53.6 Å². The second-order valence-corrected chi connectivity index (χ2v) is 5.04. The van der Waals surface area contributed by atoms with Gasteiger partial charge in [0.1, 0.15) is 5.75 Å². The molecule has 1 unspecified atom stereocenters. The van der Waals surface area contributed by atoms with Gasteiger partial charge in [0, 0.05) is 5.92 Å². The third-order valence-electron chi connectivity index (χ3n) is 3.73. The van der Waals surface area contributed by atoms with Crippen LogP contribution in [0, 0.1) is 0 Å². The highest BCUT2D eigenvalue weighted by atomic mass is 16.7. The maximum atomic E-state index is 9.67. The van der Waals surface area contributed by atoms with Crippen LogP contribution in [0.4, 0.5) is 0 Å². The third kappa shape index (κ3) is 2.95. The molecule has 0 amide bonds. The van der Waals surface area contributed by atoms with Gasteiger partial charge in [-0.3, -0.25) is 0 Å². The van der Waals surface area contributed by atoms with Gasteiger partial charge in [-0.2, -0.15) is 0 Å². The molecule has 2 aromatic carbocycles. The van der Waals surface area contributed by atoms with E-state index in [9.17, 15) is 5.11 Å². The van der Waals surface area contributed by atoms with Crippen molar-refractivity contribution in [2.24, 2.45) is 0 Å². The molecule has 0 saturated carbocycles. The zero-order valence-electron chi connectivity index (χ0n) is 11.9. The van der Waals surface area contributed by atoms with Crippen molar-refractivity contribution in [1.82, 2.24) is 0 Å². The fraction of sp³-hybridized carbons (Fsp3) is 0.294.